The first-order valence-corrected chi connectivity index (χ1v) is 7.46. The van der Waals surface area contributed by atoms with Crippen LogP contribution in [0.4, 0.5) is 0 Å². The van der Waals surface area contributed by atoms with Gasteiger partial charge in [-0.1, -0.05) is 32.1 Å². The van der Waals surface area contributed by atoms with Crippen LogP contribution in [0.5, 0.6) is 0 Å². The molecule has 5 nitrogen and oxygen atoms in total. The van der Waals surface area contributed by atoms with E-state index in [0.29, 0.717) is 12.1 Å². The van der Waals surface area contributed by atoms with Crippen LogP contribution >= 0.6 is 0 Å². The second-order valence-corrected chi connectivity index (χ2v) is 5.36. The Bertz CT molecular complexity index is 483. The Kier molecular flexibility index (Phi) is 7.30. The molecule has 0 spiro atoms. The number of hydrogen-bond donors (Lipinski definition) is 1. The van der Waals surface area contributed by atoms with Gasteiger partial charge in [0.2, 0.25) is 0 Å². The molecule has 0 amide bonds. The topological polar surface area (TPSA) is 64.2 Å². The Morgan fingerprint density at radius 3 is 2.15 bits per heavy atom. The predicted octanol–water partition coefficient (Wildman–Crippen LogP) is 1.58. The third-order valence-electron chi connectivity index (χ3n) is 3.54. The number of aliphatic hydroxyl groups is 1. The summed E-state index contributed by atoms with van der Waals surface area (Å²) in [5.74, 6) is 0. The van der Waals surface area contributed by atoms with Gasteiger partial charge >= 0.3 is 5.69 Å². The van der Waals surface area contributed by atoms with Crippen molar-refractivity contribution in [2.75, 3.05) is 6.61 Å². The minimum atomic E-state index is -0.233. The van der Waals surface area contributed by atoms with E-state index in [1.165, 1.54) is 9.13 Å². The molecule has 1 heterocycles. The van der Waals surface area contributed by atoms with Crippen LogP contribution in [0.15, 0.2) is 15.8 Å². The molecule has 0 aliphatic heterocycles. The van der Waals surface area contributed by atoms with Gasteiger partial charge in [-0.15, -0.1) is 0 Å². The average molecular weight is 282 g/mol. The van der Waals surface area contributed by atoms with Crippen molar-refractivity contribution in [3.05, 3.63) is 32.6 Å². The maximum Gasteiger partial charge on any atom is 0.330 e. The van der Waals surface area contributed by atoms with Crippen LogP contribution in [-0.4, -0.2) is 20.8 Å². The van der Waals surface area contributed by atoms with Crippen LogP contribution in [0.25, 0.3) is 0 Å². The lowest BCUT2D eigenvalue weighted by Crippen LogP contribution is -2.39. The van der Waals surface area contributed by atoms with E-state index >= 15 is 0 Å². The molecule has 1 rings (SSSR count). The van der Waals surface area contributed by atoms with Crippen molar-refractivity contribution in [1.29, 1.82) is 0 Å². The molecule has 0 unspecified atom stereocenters. The van der Waals surface area contributed by atoms with Crippen molar-refractivity contribution in [2.24, 2.45) is 7.05 Å². The first-order valence-electron chi connectivity index (χ1n) is 7.46. The van der Waals surface area contributed by atoms with Gasteiger partial charge in [-0.25, -0.2) is 4.79 Å². The summed E-state index contributed by atoms with van der Waals surface area (Å²) in [4.78, 5) is 23.8. The van der Waals surface area contributed by atoms with E-state index in [2.05, 4.69) is 0 Å². The molecule has 0 radical (unpaired) electrons. The van der Waals surface area contributed by atoms with Gasteiger partial charge in [0.05, 0.1) is 0 Å². The Morgan fingerprint density at radius 1 is 1.00 bits per heavy atom. The third-order valence-corrected chi connectivity index (χ3v) is 3.54. The van der Waals surface area contributed by atoms with Crippen LogP contribution in [0.3, 0.4) is 0 Å². The van der Waals surface area contributed by atoms with Gasteiger partial charge in [0.1, 0.15) is 0 Å². The molecular formula is C15H26N2O3. The van der Waals surface area contributed by atoms with Gasteiger partial charge in [0, 0.05) is 32.0 Å². The fourth-order valence-corrected chi connectivity index (χ4v) is 2.35. The highest BCUT2D eigenvalue weighted by Gasteiger charge is 2.05. The molecule has 0 saturated heterocycles. The molecule has 1 aromatic rings. The highest BCUT2D eigenvalue weighted by molar-refractivity contribution is 5.02. The van der Waals surface area contributed by atoms with Crippen LogP contribution < -0.4 is 11.2 Å². The van der Waals surface area contributed by atoms with E-state index in [9.17, 15) is 9.59 Å². The summed E-state index contributed by atoms with van der Waals surface area (Å²) in [7, 11) is 1.67. The summed E-state index contributed by atoms with van der Waals surface area (Å²) in [5.41, 5.74) is 0.204. The molecule has 114 valence electrons. The Hall–Kier alpha value is -1.36. The number of aromatic nitrogens is 2. The Morgan fingerprint density at radius 2 is 1.55 bits per heavy atom. The minimum Gasteiger partial charge on any atom is -0.396 e. The average Bonchev–Trinajstić information content (AvgIpc) is 2.43. The Balaban J connectivity index is 2.36. The molecule has 0 saturated carbocycles. The van der Waals surface area contributed by atoms with Crippen LogP contribution in [0.2, 0.25) is 0 Å². The number of nitrogens with zero attached hydrogens (tertiary/aromatic N) is 2. The fourth-order valence-electron chi connectivity index (χ4n) is 2.35. The van der Waals surface area contributed by atoms with E-state index in [4.69, 9.17) is 5.11 Å². The molecule has 0 aliphatic carbocycles. The maximum absolute atomic E-state index is 11.9. The lowest BCUT2D eigenvalue weighted by Gasteiger charge is -2.08. The molecule has 1 N–H and O–H groups in total. The second kappa shape index (κ2) is 8.74. The highest BCUT2D eigenvalue weighted by Crippen LogP contribution is 2.07. The second-order valence-electron chi connectivity index (χ2n) is 5.36. The van der Waals surface area contributed by atoms with Crippen molar-refractivity contribution in [1.82, 2.24) is 9.13 Å². The number of aryl methyl sites for hydroxylation is 2. The molecule has 0 atom stereocenters. The molecular weight excluding hydrogens is 256 g/mol. The van der Waals surface area contributed by atoms with E-state index in [0.717, 1.165) is 44.9 Å². The SMILES string of the molecule is Cc1cn(C)c(=O)n(CCCCCCCCCO)c1=O. The molecule has 20 heavy (non-hydrogen) atoms. The fraction of sp³-hybridized carbons (Fsp3) is 0.733. The van der Waals surface area contributed by atoms with Gasteiger partial charge in [-0.2, -0.15) is 0 Å². The first-order chi connectivity index (χ1) is 9.57. The van der Waals surface area contributed by atoms with Crippen molar-refractivity contribution >= 4 is 0 Å². The van der Waals surface area contributed by atoms with Crippen LogP contribution in [-0.2, 0) is 13.6 Å². The van der Waals surface area contributed by atoms with Crippen LogP contribution in [0, 0.1) is 6.92 Å². The summed E-state index contributed by atoms with van der Waals surface area (Å²) in [6.07, 6.45) is 8.85. The van der Waals surface area contributed by atoms with Crippen LogP contribution in [0.1, 0.15) is 50.5 Å². The third kappa shape index (κ3) is 4.96. The lowest BCUT2D eigenvalue weighted by atomic mass is 10.1. The van der Waals surface area contributed by atoms with Crippen molar-refractivity contribution < 1.29 is 5.11 Å². The smallest absolute Gasteiger partial charge is 0.330 e. The molecule has 1 aromatic heterocycles. The summed E-state index contributed by atoms with van der Waals surface area (Å²) in [6, 6.07) is 0. The van der Waals surface area contributed by atoms with Gasteiger partial charge in [-0.3, -0.25) is 9.36 Å². The molecule has 0 aliphatic rings. The maximum atomic E-state index is 11.9. The zero-order valence-electron chi connectivity index (χ0n) is 12.6. The van der Waals surface area contributed by atoms with Crippen molar-refractivity contribution in [3.63, 3.8) is 0 Å². The van der Waals surface area contributed by atoms with Crippen molar-refractivity contribution in [3.8, 4) is 0 Å². The van der Waals surface area contributed by atoms with E-state index < -0.39 is 0 Å². The lowest BCUT2D eigenvalue weighted by molar-refractivity contribution is 0.282. The summed E-state index contributed by atoms with van der Waals surface area (Å²) in [6.45, 7) is 2.52. The van der Waals surface area contributed by atoms with Gasteiger partial charge < -0.3 is 9.67 Å². The molecule has 5 heteroatoms. The zero-order chi connectivity index (χ0) is 15.0. The van der Waals surface area contributed by atoms with Gasteiger partial charge in [0.15, 0.2) is 0 Å². The van der Waals surface area contributed by atoms with E-state index in [1.807, 2.05) is 0 Å². The highest BCUT2D eigenvalue weighted by atomic mass is 16.3. The number of hydrogen-bond acceptors (Lipinski definition) is 3. The number of rotatable bonds is 9. The van der Waals surface area contributed by atoms with Gasteiger partial charge in [-0.05, 0) is 19.8 Å². The summed E-state index contributed by atoms with van der Waals surface area (Å²) < 4.78 is 2.80. The summed E-state index contributed by atoms with van der Waals surface area (Å²) in [5, 5.41) is 8.67. The molecule has 0 fully saturated rings. The zero-order valence-corrected chi connectivity index (χ0v) is 12.6. The summed E-state index contributed by atoms with van der Waals surface area (Å²) >= 11 is 0. The number of aliphatic hydroxyl groups excluding tert-OH is 1. The van der Waals surface area contributed by atoms with Crippen molar-refractivity contribution in [2.45, 2.75) is 58.4 Å². The van der Waals surface area contributed by atoms with E-state index in [1.54, 1.807) is 20.2 Å². The predicted molar refractivity (Wildman–Crippen MR) is 80.1 cm³/mol. The van der Waals surface area contributed by atoms with Gasteiger partial charge in [0.25, 0.3) is 5.56 Å². The first kappa shape index (κ1) is 16.7. The standard InChI is InChI=1S/C15H26N2O3/c1-13-12-16(2)15(20)17(14(13)19)10-8-6-4-3-5-7-9-11-18/h12,18H,3-11H2,1-2H3. The van der Waals surface area contributed by atoms with E-state index in [-0.39, 0.29) is 17.9 Å². The largest absolute Gasteiger partial charge is 0.396 e. The molecule has 0 aromatic carbocycles. The molecule has 0 bridgehead atoms. The Labute approximate surface area is 119 Å². The quantitative estimate of drug-likeness (QED) is 0.699. The normalized spacial score (nSPS) is 10.9. The minimum absolute atomic E-state index is 0.170. The monoisotopic (exact) mass is 282 g/mol. The number of unbranched alkanes of at least 4 members (excludes halogenated alkanes) is 6.